The summed E-state index contributed by atoms with van der Waals surface area (Å²) in [6.45, 7) is 2.11. The topological polar surface area (TPSA) is 70.6 Å². The Kier molecular flexibility index (Phi) is 6.97. The van der Waals surface area contributed by atoms with Crippen LogP contribution >= 0.6 is 0 Å². The maximum absolute atomic E-state index is 12.8. The van der Waals surface area contributed by atoms with Gasteiger partial charge in [-0.1, -0.05) is 12.1 Å². The Hall–Kier alpha value is -1.66. The van der Waals surface area contributed by atoms with E-state index < -0.39 is 0 Å². The average molecular weight is 284 g/mol. The smallest absolute Gasteiger partial charge is 0.315 e. The highest BCUT2D eigenvalue weighted by Crippen LogP contribution is 2.15. The Morgan fingerprint density at radius 2 is 2.05 bits per heavy atom. The second-order valence-electron chi connectivity index (χ2n) is 4.54. The molecule has 0 heterocycles. The molecule has 3 N–H and O–H groups in total. The van der Waals surface area contributed by atoms with E-state index in [1.54, 1.807) is 12.1 Å². The highest BCUT2D eigenvalue weighted by Gasteiger charge is 2.13. The summed E-state index contributed by atoms with van der Waals surface area (Å²) in [6.07, 6.45) is 0.161. The van der Waals surface area contributed by atoms with Crippen molar-refractivity contribution in [1.29, 1.82) is 0 Å². The first kappa shape index (κ1) is 16.4. The largest absolute Gasteiger partial charge is 0.396 e. The number of rotatable bonds is 7. The van der Waals surface area contributed by atoms with Crippen molar-refractivity contribution in [3.63, 3.8) is 0 Å². The molecule has 2 amide bonds. The third-order valence-electron chi connectivity index (χ3n) is 2.91. The molecule has 1 aromatic carbocycles. The minimum atomic E-state index is -0.338. The minimum absolute atomic E-state index is 0.0255. The summed E-state index contributed by atoms with van der Waals surface area (Å²) in [6, 6.07) is 5.52. The fraction of sp³-hybridized carbons (Fsp3) is 0.500. The fourth-order valence-corrected chi connectivity index (χ4v) is 1.74. The molecular weight excluding hydrogens is 263 g/mol. The molecule has 0 aliphatic rings. The number of hydrogen-bond acceptors (Lipinski definition) is 3. The van der Waals surface area contributed by atoms with Crippen molar-refractivity contribution in [2.24, 2.45) is 0 Å². The monoisotopic (exact) mass is 284 g/mol. The molecular formula is C14H21FN2O3. The van der Waals surface area contributed by atoms with Gasteiger partial charge in [0.2, 0.25) is 0 Å². The second kappa shape index (κ2) is 8.50. The number of carbonyl (C=O) groups excluding carboxylic acids is 1. The van der Waals surface area contributed by atoms with Crippen molar-refractivity contribution in [3.05, 3.63) is 35.6 Å². The number of nitrogens with one attached hydrogen (secondary N) is 2. The standard InChI is InChI=1S/C14H21FN2O3/c1-10(7-8-18)17-14(19)16-9-13(20-2)11-3-5-12(15)6-4-11/h3-6,10,13,18H,7-9H2,1-2H3,(H2,16,17,19)/t10-,13?/m1/s1. The van der Waals surface area contributed by atoms with Crippen LogP contribution in [-0.4, -0.2) is 37.4 Å². The van der Waals surface area contributed by atoms with Gasteiger partial charge >= 0.3 is 6.03 Å². The van der Waals surface area contributed by atoms with Gasteiger partial charge in [0.25, 0.3) is 0 Å². The Labute approximate surface area is 118 Å². The van der Waals surface area contributed by atoms with Crippen LogP contribution in [0.2, 0.25) is 0 Å². The number of urea groups is 1. The van der Waals surface area contributed by atoms with Crippen LogP contribution in [0, 0.1) is 5.82 Å². The average Bonchev–Trinajstić information content (AvgIpc) is 2.41. The molecule has 1 unspecified atom stereocenters. The minimum Gasteiger partial charge on any atom is -0.396 e. The number of halogens is 1. The molecule has 5 nitrogen and oxygen atoms in total. The molecule has 0 aliphatic heterocycles. The van der Waals surface area contributed by atoms with Crippen molar-refractivity contribution in [2.45, 2.75) is 25.5 Å². The van der Waals surface area contributed by atoms with Gasteiger partial charge in [-0.3, -0.25) is 0 Å². The zero-order valence-corrected chi connectivity index (χ0v) is 11.7. The van der Waals surface area contributed by atoms with Crippen molar-refractivity contribution >= 4 is 6.03 Å². The van der Waals surface area contributed by atoms with Crippen molar-refractivity contribution in [3.8, 4) is 0 Å². The molecule has 1 aromatic rings. The Morgan fingerprint density at radius 1 is 1.40 bits per heavy atom. The molecule has 20 heavy (non-hydrogen) atoms. The van der Waals surface area contributed by atoms with E-state index >= 15 is 0 Å². The molecule has 0 saturated heterocycles. The molecule has 6 heteroatoms. The van der Waals surface area contributed by atoms with Crippen LogP contribution in [0.3, 0.4) is 0 Å². The summed E-state index contributed by atoms with van der Waals surface area (Å²) in [5.74, 6) is -0.313. The first-order valence-corrected chi connectivity index (χ1v) is 6.50. The van der Waals surface area contributed by atoms with Gasteiger partial charge in [0.15, 0.2) is 0 Å². The van der Waals surface area contributed by atoms with E-state index in [-0.39, 0.29) is 37.1 Å². The lowest BCUT2D eigenvalue weighted by molar-refractivity contribution is 0.103. The zero-order chi connectivity index (χ0) is 15.0. The van der Waals surface area contributed by atoms with E-state index in [2.05, 4.69) is 10.6 Å². The van der Waals surface area contributed by atoms with Gasteiger partial charge in [-0.2, -0.15) is 0 Å². The quantitative estimate of drug-likeness (QED) is 0.712. The summed E-state index contributed by atoms with van der Waals surface area (Å²) in [5, 5.41) is 14.1. The SMILES string of the molecule is COC(CNC(=O)N[C@H](C)CCO)c1ccc(F)cc1. The van der Waals surface area contributed by atoms with Gasteiger partial charge in [0.05, 0.1) is 6.10 Å². The van der Waals surface area contributed by atoms with Gasteiger partial charge in [-0.15, -0.1) is 0 Å². The molecule has 2 atom stereocenters. The first-order valence-electron chi connectivity index (χ1n) is 6.50. The van der Waals surface area contributed by atoms with Gasteiger partial charge in [0, 0.05) is 26.3 Å². The van der Waals surface area contributed by atoms with Crippen LogP contribution in [-0.2, 0) is 4.74 Å². The summed E-state index contributed by atoms with van der Waals surface area (Å²) in [7, 11) is 1.53. The maximum atomic E-state index is 12.8. The Morgan fingerprint density at radius 3 is 2.60 bits per heavy atom. The molecule has 0 saturated carbocycles. The van der Waals surface area contributed by atoms with Gasteiger partial charge in [0.1, 0.15) is 5.82 Å². The molecule has 0 fully saturated rings. The second-order valence-corrected chi connectivity index (χ2v) is 4.54. The van der Waals surface area contributed by atoms with Crippen molar-refractivity contribution in [2.75, 3.05) is 20.3 Å². The van der Waals surface area contributed by atoms with E-state index in [1.807, 2.05) is 6.92 Å². The van der Waals surface area contributed by atoms with E-state index in [4.69, 9.17) is 9.84 Å². The summed E-state index contributed by atoms with van der Waals surface area (Å²) < 4.78 is 18.1. The van der Waals surface area contributed by atoms with Crippen molar-refractivity contribution in [1.82, 2.24) is 10.6 Å². The van der Waals surface area contributed by atoms with E-state index in [1.165, 1.54) is 19.2 Å². The summed E-state index contributed by atoms with van der Waals surface area (Å²) in [5.41, 5.74) is 0.789. The molecule has 0 aromatic heterocycles. The Balaban J connectivity index is 2.45. The predicted molar refractivity (Wildman–Crippen MR) is 73.8 cm³/mol. The molecule has 0 spiro atoms. The molecule has 1 rings (SSSR count). The molecule has 0 aliphatic carbocycles. The lowest BCUT2D eigenvalue weighted by Gasteiger charge is -2.18. The maximum Gasteiger partial charge on any atom is 0.315 e. The first-order chi connectivity index (χ1) is 9.56. The summed E-state index contributed by atoms with van der Waals surface area (Å²) >= 11 is 0. The number of amides is 2. The van der Waals surface area contributed by atoms with Gasteiger partial charge < -0.3 is 20.5 Å². The third-order valence-corrected chi connectivity index (χ3v) is 2.91. The zero-order valence-electron chi connectivity index (χ0n) is 11.7. The number of benzene rings is 1. The van der Waals surface area contributed by atoms with Crippen LogP contribution in [0.4, 0.5) is 9.18 Å². The lowest BCUT2D eigenvalue weighted by atomic mass is 10.1. The van der Waals surface area contributed by atoms with Crippen LogP contribution < -0.4 is 10.6 Å². The van der Waals surface area contributed by atoms with Crippen LogP contribution in [0.25, 0.3) is 0 Å². The highest BCUT2D eigenvalue weighted by molar-refractivity contribution is 5.74. The number of aliphatic hydroxyl groups is 1. The lowest BCUT2D eigenvalue weighted by Crippen LogP contribution is -2.42. The normalized spacial score (nSPS) is 13.6. The molecule has 112 valence electrons. The molecule has 0 radical (unpaired) electrons. The fourth-order valence-electron chi connectivity index (χ4n) is 1.74. The predicted octanol–water partition coefficient (Wildman–Crippen LogP) is 1.58. The van der Waals surface area contributed by atoms with Crippen LogP contribution in [0.15, 0.2) is 24.3 Å². The van der Waals surface area contributed by atoms with Crippen LogP contribution in [0.1, 0.15) is 25.0 Å². The van der Waals surface area contributed by atoms with Gasteiger partial charge in [-0.25, -0.2) is 9.18 Å². The number of methoxy groups -OCH3 is 1. The van der Waals surface area contributed by atoms with E-state index in [0.29, 0.717) is 6.42 Å². The van der Waals surface area contributed by atoms with Crippen molar-refractivity contribution < 1.29 is 19.0 Å². The number of ether oxygens (including phenoxy) is 1. The molecule has 0 bridgehead atoms. The number of hydrogen-bond donors (Lipinski definition) is 3. The Bertz CT molecular complexity index is 411. The van der Waals surface area contributed by atoms with E-state index in [9.17, 15) is 9.18 Å². The number of aliphatic hydroxyl groups excluding tert-OH is 1. The van der Waals surface area contributed by atoms with Crippen LogP contribution in [0.5, 0.6) is 0 Å². The van der Waals surface area contributed by atoms with E-state index in [0.717, 1.165) is 5.56 Å². The number of carbonyl (C=O) groups is 1. The third kappa shape index (κ3) is 5.54. The highest BCUT2D eigenvalue weighted by atomic mass is 19.1. The van der Waals surface area contributed by atoms with Gasteiger partial charge in [-0.05, 0) is 31.0 Å². The summed E-state index contributed by atoms with van der Waals surface area (Å²) in [4.78, 5) is 11.6.